The van der Waals surface area contributed by atoms with E-state index in [0.717, 1.165) is 0 Å². The van der Waals surface area contributed by atoms with E-state index in [4.69, 9.17) is 4.74 Å². The molecule has 3 rings (SSSR count). The lowest BCUT2D eigenvalue weighted by Crippen LogP contribution is -2.34. The highest BCUT2D eigenvalue weighted by atomic mass is 32.2. The Hall–Kier alpha value is -2.03. The van der Waals surface area contributed by atoms with Gasteiger partial charge in [-0.25, -0.2) is 0 Å². The Labute approximate surface area is 144 Å². The maximum Gasteiger partial charge on any atom is 0.284 e. The summed E-state index contributed by atoms with van der Waals surface area (Å²) in [6.07, 6.45) is -0.840. The summed E-state index contributed by atoms with van der Waals surface area (Å²) in [5.41, 5.74) is 0.648. The van der Waals surface area contributed by atoms with Crippen LogP contribution >= 0.6 is 11.8 Å². The molecule has 1 heterocycles. The molecular formula is C16H16N2O4S2. The molecule has 1 N–H and O–H groups in total. The van der Waals surface area contributed by atoms with Gasteiger partial charge >= 0.3 is 0 Å². The molecule has 6 nitrogen and oxygen atoms in total. The summed E-state index contributed by atoms with van der Waals surface area (Å²) in [6.45, 7) is 0. The first-order valence-electron chi connectivity index (χ1n) is 7.15. The van der Waals surface area contributed by atoms with Gasteiger partial charge in [-0.3, -0.25) is 4.90 Å². The molecule has 1 saturated heterocycles. The van der Waals surface area contributed by atoms with Crippen LogP contribution in [0.5, 0.6) is 5.75 Å². The standard InChI is InChI=1S/C16H16N2O4S2/c1-22-13-9-7-12(8-10-13)18-15(19)11-23-16(18)17-24(20,21)14-5-3-2-4-6-14/h2-10,15,19H,11H2,1H3/b17-16-. The second-order valence-corrected chi connectivity index (χ2v) is 7.61. The maximum atomic E-state index is 12.4. The van der Waals surface area contributed by atoms with E-state index in [1.807, 2.05) is 0 Å². The zero-order valence-electron chi connectivity index (χ0n) is 12.9. The molecule has 126 valence electrons. The van der Waals surface area contributed by atoms with E-state index < -0.39 is 16.3 Å². The molecule has 0 aliphatic carbocycles. The molecular weight excluding hydrogens is 348 g/mol. The number of aliphatic hydroxyl groups is 1. The van der Waals surface area contributed by atoms with E-state index in [1.165, 1.54) is 28.8 Å². The number of ether oxygens (including phenoxy) is 1. The number of thioether (sulfide) groups is 1. The first-order chi connectivity index (χ1) is 11.5. The monoisotopic (exact) mass is 364 g/mol. The molecule has 1 unspecified atom stereocenters. The number of anilines is 1. The number of benzene rings is 2. The van der Waals surface area contributed by atoms with Crippen molar-refractivity contribution in [3.63, 3.8) is 0 Å². The summed E-state index contributed by atoms with van der Waals surface area (Å²) in [5.74, 6) is 1.02. The van der Waals surface area contributed by atoms with Crippen LogP contribution in [0.4, 0.5) is 5.69 Å². The van der Waals surface area contributed by atoms with Crippen molar-refractivity contribution in [1.29, 1.82) is 0 Å². The van der Waals surface area contributed by atoms with Gasteiger partial charge in [-0.1, -0.05) is 30.0 Å². The van der Waals surface area contributed by atoms with E-state index in [0.29, 0.717) is 17.2 Å². The SMILES string of the molecule is COc1ccc(N2/C(=N/S(=O)(=O)c3ccccc3)SCC2O)cc1. The van der Waals surface area contributed by atoms with Crippen molar-refractivity contribution < 1.29 is 18.3 Å². The quantitative estimate of drug-likeness (QED) is 0.897. The van der Waals surface area contributed by atoms with Crippen molar-refractivity contribution in [2.75, 3.05) is 17.8 Å². The van der Waals surface area contributed by atoms with Gasteiger partial charge in [0.25, 0.3) is 10.0 Å². The Kier molecular flexibility index (Phi) is 4.79. The molecule has 0 amide bonds. The summed E-state index contributed by atoms with van der Waals surface area (Å²) in [7, 11) is -2.27. The Morgan fingerprint density at radius 2 is 1.83 bits per heavy atom. The third kappa shape index (κ3) is 3.40. The molecule has 0 spiro atoms. The molecule has 1 atom stereocenters. The first kappa shape index (κ1) is 16.8. The minimum absolute atomic E-state index is 0.120. The van der Waals surface area contributed by atoms with Crippen molar-refractivity contribution in [3.8, 4) is 5.75 Å². The topological polar surface area (TPSA) is 79.2 Å². The molecule has 1 fully saturated rings. The normalized spacial score (nSPS) is 19.7. The molecule has 0 bridgehead atoms. The minimum atomic E-state index is -3.83. The van der Waals surface area contributed by atoms with Crippen molar-refractivity contribution in [2.24, 2.45) is 4.40 Å². The minimum Gasteiger partial charge on any atom is -0.497 e. The van der Waals surface area contributed by atoms with Gasteiger partial charge in [0, 0.05) is 11.4 Å². The van der Waals surface area contributed by atoms with E-state index >= 15 is 0 Å². The van der Waals surface area contributed by atoms with Crippen molar-refractivity contribution in [1.82, 2.24) is 0 Å². The van der Waals surface area contributed by atoms with Gasteiger partial charge in [-0.15, -0.1) is 4.40 Å². The zero-order chi connectivity index (χ0) is 17.2. The van der Waals surface area contributed by atoms with E-state index in [-0.39, 0.29) is 10.1 Å². The molecule has 8 heteroatoms. The summed E-state index contributed by atoms with van der Waals surface area (Å²) in [5, 5.41) is 10.5. The smallest absolute Gasteiger partial charge is 0.284 e. The van der Waals surface area contributed by atoms with Crippen LogP contribution in [0.2, 0.25) is 0 Å². The van der Waals surface area contributed by atoms with Gasteiger partial charge in [0.15, 0.2) is 5.17 Å². The number of hydrogen-bond acceptors (Lipinski definition) is 5. The number of aliphatic hydroxyl groups excluding tert-OH is 1. The number of hydrogen-bond donors (Lipinski definition) is 1. The lowest BCUT2D eigenvalue weighted by Gasteiger charge is -2.22. The van der Waals surface area contributed by atoms with Gasteiger partial charge in [-0.2, -0.15) is 8.42 Å². The Balaban J connectivity index is 1.96. The first-order valence-corrected chi connectivity index (χ1v) is 9.58. The van der Waals surface area contributed by atoms with Crippen LogP contribution in [0.3, 0.4) is 0 Å². The molecule has 0 saturated carbocycles. The second kappa shape index (κ2) is 6.84. The summed E-state index contributed by atoms with van der Waals surface area (Å²) < 4.78 is 33.9. The zero-order valence-corrected chi connectivity index (χ0v) is 14.5. The predicted octanol–water partition coefficient (Wildman–Crippen LogP) is 2.31. The highest BCUT2D eigenvalue weighted by Gasteiger charge is 2.32. The average molecular weight is 364 g/mol. The van der Waals surface area contributed by atoms with E-state index in [1.54, 1.807) is 49.6 Å². The van der Waals surface area contributed by atoms with Gasteiger partial charge in [-0.05, 0) is 36.4 Å². The number of amidine groups is 1. The predicted molar refractivity (Wildman–Crippen MR) is 95.0 cm³/mol. The number of sulfonamides is 1. The highest BCUT2D eigenvalue weighted by Crippen LogP contribution is 2.31. The van der Waals surface area contributed by atoms with Crippen LogP contribution in [0.1, 0.15) is 0 Å². The Morgan fingerprint density at radius 3 is 2.46 bits per heavy atom. The molecule has 24 heavy (non-hydrogen) atoms. The fraction of sp³-hybridized carbons (Fsp3) is 0.188. The Morgan fingerprint density at radius 1 is 1.17 bits per heavy atom. The number of rotatable bonds is 4. The van der Waals surface area contributed by atoms with Gasteiger partial charge < -0.3 is 9.84 Å². The fourth-order valence-corrected chi connectivity index (χ4v) is 4.48. The van der Waals surface area contributed by atoms with Crippen LogP contribution in [-0.4, -0.2) is 37.8 Å². The van der Waals surface area contributed by atoms with Crippen LogP contribution < -0.4 is 9.64 Å². The third-order valence-electron chi connectivity index (χ3n) is 3.46. The van der Waals surface area contributed by atoms with Gasteiger partial charge in [0.2, 0.25) is 0 Å². The molecule has 2 aromatic rings. The van der Waals surface area contributed by atoms with Crippen molar-refractivity contribution in [3.05, 3.63) is 54.6 Å². The number of methoxy groups -OCH3 is 1. The van der Waals surface area contributed by atoms with Crippen molar-refractivity contribution >= 4 is 32.6 Å². The maximum absolute atomic E-state index is 12.4. The molecule has 2 aromatic carbocycles. The summed E-state index contributed by atoms with van der Waals surface area (Å²) in [6, 6.07) is 15.0. The van der Waals surface area contributed by atoms with Crippen molar-refractivity contribution in [2.45, 2.75) is 11.1 Å². The number of nitrogens with zero attached hydrogens (tertiary/aromatic N) is 2. The molecule has 1 aliphatic rings. The second-order valence-electron chi connectivity index (χ2n) is 5.02. The molecule has 1 aliphatic heterocycles. The lowest BCUT2D eigenvalue weighted by molar-refractivity contribution is 0.213. The summed E-state index contributed by atoms with van der Waals surface area (Å²) >= 11 is 1.20. The third-order valence-corrected chi connectivity index (χ3v) is 5.86. The van der Waals surface area contributed by atoms with Crippen LogP contribution in [0, 0.1) is 0 Å². The van der Waals surface area contributed by atoms with Gasteiger partial charge in [0.1, 0.15) is 12.0 Å². The highest BCUT2D eigenvalue weighted by molar-refractivity contribution is 8.15. The Bertz CT molecular complexity index is 836. The van der Waals surface area contributed by atoms with Gasteiger partial charge in [0.05, 0.1) is 12.0 Å². The summed E-state index contributed by atoms with van der Waals surface area (Å²) in [4.78, 5) is 1.62. The van der Waals surface area contributed by atoms with Crippen LogP contribution in [-0.2, 0) is 10.0 Å². The largest absolute Gasteiger partial charge is 0.497 e. The lowest BCUT2D eigenvalue weighted by atomic mass is 10.3. The van der Waals surface area contributed by atoms with E-state index in [9.17, 15) is 13.5 Å². The van der Waals surface area contributed by atoms with Crippen LogP contribution in [0.25, 0.3) is 0 Å². The van der Waals surface area contributed by atoms with Crippen LogP contribution in [0.15, 0.2) is 63.9 Å². The average Bonchev–Trinajstić information content (AvgIpc) is 2.95. The molecule has 0 radical (unpaired) electrons. The van der Waals surface area contributed by atoms with E-state index in [2.05, 4.69) is 4.40 Å². The molecule has 0 aromatic heterocycles. The fourth-order valence-electron chi connectivity index (χ4n) is 2.26.